The predicted octanol–water partition coefficient (Wildman–Crippen LogP) is 2.39. The Hall–Kier alpha value is -1.18. The number of aliphatic imine (C=N–C) groups is 1. The second kappa shape index (κ2) is 12.2. The molecule has 2 N–H and O–H groups in total. The average molecular weight is 369 g/mol. The van der Waals surface area contributed by atoms with Gasteiger partial charge in [0.25, 0.3) is 0 Å². The molecular weight excluding hydrogens is 336 g/mol. The lowest BCUT2D eigenvalue weighted by Crippen LogP contribution is -2.38. The molecule has 0 aromatic carbocycles. The highest BCUT2D eigenvalue weighted by atomic mass is 32.1. The third kappa shape index (κ3) is 8.16. The number of aromatic nitrogens is 1. The zero-order valence-corrected chi connectivity index (χ0v) is 16.4. The van der Waals surface area contributed by atoms with Gasteiger partial charge < -0.3 is 20.1 Å². The van der Waals surface area contributed by atoms with E-state index in [1.807, 2.05) is 6.20 Å². The summed E-state index contributed by atoms with van der Waals surface area (Å²) in [7, 11) is 0. The second-order valence-electron chi connectivity index (χ2n) is 6.05. The van der Waals surface area contributed by atoms with Crippen LogP contribution in [0.3, 0.4) is 0 Å². The molecule has 1 fully saturated rings. The van der Waals surface area contributed by atoms with Crippen molar-refractivity contribution in [3.63, 3.8) is 0 Å². The Morgan fingerprint density at radius 3 is 2.92 bits per heavy atom. The first-order valence-corrected chi connectivity index (χ1v) is 10.3. The molecule has 25 heavy (non-hydrogen) atoms. The fourth-order valence-corrected chi connectivity index (χ4v) is 3.47. The number of hydrogen-bond acceptors (Lipinski definition) is 5. The predicted molar refractivity (Wildman–Crippen MR) is 104 cm³/mol. The van der Waals surface area contributed by atoms with Crippen LogP contribution in [-0.4, -0.2) is 56.5 Å². The maximum Gasteiger partial charge on any atom is 0.191 e. The van der Waals surface area contributed by atoms with Crippen molar-refractivity contribution in [2.24, 2.45) is 4.99 Å². The van der Waals surface area contributed by atoms with Gasteiger partial charge in [-0.05, 0) is 32.6 Å². The number of nitrogens with one attached hydrogen (secondary N) is 2. The van der Waals surface area contributed by atoms with E-state index in [4.69, 9.17) is 9.47 Å². The monoisotopic (exact) mass is 368 g/mol. The Kier molecular flexibility index (Phi) is 9.84. The average Bonchev–Trinajstić information content (AvgIpc) is 3.10. The highest BCUT2D eigenvalue weighted by molar-refractivity contribution is 7.11. The molecule has 1 aliphatic heterocycles. The van der Waals surface area contributed by atoms with Crippen molar-refractivity contribution in [2.45, 2.75) is 52.1 Å². The molecule has 142 valence electrons. The number of nitrogens with zero attached hydrogens (tertiary/aromatic N) is 2. The first-order chi connectivity index (χ1) is 12.3. The highest BCUT2D eigenvalue weighted by Crippen LogP contribution is 2.13. The van der Waals surface area contributed by atoms with Crippen molar-refractivity contribution >= 4 is 17.3 Å². The van der Waals surface area contributed by atoms with Crippen molar-refractivity contribution in [3.8, 4) is 0 Å². The number of hydrogen-bond donors (Lipinski definition) is 2. The summed E-state index contributed by atoms with van der Waals surface area (Å²) < 4.78 is 11.2. The van der Waals surface area contributed by atoms with Crippen LogP contribution in [-0.2, 0) is 22.3 Å². The SMILES string of the molecule is CCNC(=NCCCOC1CCOCC1)NCCc1ncc(CC)s1. The number of aryl methyl sites for hydroxylation is 1. The van der Waals surface area contributed by atoms with Crippen LogP contribution in [0.25, 0.3) is 0 Å². The summed E-state index contributed by atoms with van der Waals surface area (Å²) in [6.45, 7) is 9.16. The van der Waals surface area contributed by atoms with E-state index in [2.05, 4.69) is 34.5 Å². The molecule has 1 aliphatic rings. The molecule has 0 atom stereocenters. The van der Waals surface area contributed by atoms with E-state index in [-0.39, 0.29) is 0 Å². The minimum atomic E-state index is 0.371. The molecule has 1 saturated heterocycles. The zero-order valence-electron chi connectivity index (χ0n) is 15.6. The third-order valence-corrected chi connectivity index (χ3v) is 5.22. The first-order valence-electron chi connectivity index (χ1n) is 9.47. The van der Waals surface area contributed by atoms with Crippen molar-refractivity contribution < 1.29 is 9.47 Å². The first kappa shape index (κ1) is 20.1. The van der Waals surface area contributed by atoms with Crippen molar-refractivity contribution in [3.05, 3.63) is 16.1 Å². The molecule has 0 saturated carbocycles. The van der Waals surface area contributed by atoms with Gasteiger partial charge in [-0.2, -0.15) is 0 Å². The minimum absolute atomic E-state index is 0.371. The van der Waals surface area contributed by atoms with Crippen LogP contribution >= 0.6 is 11.3 Å². The van der Waals surface area contributed by atoms with E-state index in [1.54, 1.807) is 11.3 Å². The fourth-order valence-electron chi connectivity index (χ4n) is 2.60. The van der Waals surface area contributed by atoms with Gasteiger partial charge in [-0.1, -0.05) is 6.92 Å². The summed E-state index contributed by atoms with van der Waals surface area (Å²) in [5, 5.41) is 7.86. The van der Waals surface area contributed by atoms with Crippen LogP contribution in [0.2, 0.25) is 0 Å². The van der Waals surface area contributed by atoms with E-state index >= 15 is 0 Å². The van der Waals surface area contributed by atoms with Crippen LogP contribution in [0.4, 0.5) is 0 Å². The summed E-state index contributed by atoms with van der Waals surface area (Å²) in [4.78, 5) is 10.4. The van der Waals surface area contributed by atoms with Gasteiger partial charge in [-0.25, -0.2) is 4.98 Å². The molecule has 2 heterocycles. The van der Waals surface area contributed by atoms with Crippen molar-refractivity contribution in [1.82, 2.24) is 15.6 Å². The van der Waals surface area contributed by atoms with Crippen LogP contribution in [0.5, 0.6) is 0 Å². The highest BCUT2D eigenvalue weighted by Gasteiger charge is 2.13. The normalized spacial score (nSPS) is 16.2. The Bertz CT molecular complexity index is 501. The third-order valence-electron chi connectivity index (χ3n) is 4.02. The zero-order chi connectivity index (χ0) is 17.7. The van der Waals surface area contributed by atoms with Gasteiger partial charge in [0.05, 0.1) is 11.1 Å². The Balaban J connectivity index is 1.61. The molecule has 2 rings (SSSR count). The largest absolute Gasteiger partial charge is 0.381 e. The molecule has 0 radical (unpaired) electrons. The van der Waals surface area contributed by atoms with Crippen LogP contribution in [0.15, 0.2) is 11.2 Å². The quantitative estimate of drug-likeness (QED) is 0.377. The van der Waals surface area contributed by atoms with E-state index in [9.17, 15) is 0 Å². The van der Waals surface area contributed by atoms with Crippen molar-refractivity contribution in [2.75, 3.05) is 39.5 Å². The summed E-state index contributed by atoms with van der Waals surface area (Å²) in [5.74, 6) is 0.876. The number of rotatable bonds is 10. The van der Waals surface area contributed by atoms with Gasteiger partial charge in [0.15, 0.2) is 5.96 Å². The maximum atomic E-state index is 5.88. The molecule has 0 spiro atoms. The molecule has 6 nitrogen and oxygen atoms in total. The Morgan fingerprint density at radius 1 is 1.36 bits per heavy atom. The van der Waals surface area contributed by atoms with Gasteiger partial charge in [-0.15, -0.1) is 11.3 Å². The topological polar surface area (TPSA) is 67.8 Å². The number of ether oxygens (including phenoxy) is 2. The van der Waals surface area contributed by atoms with Gasteiger partial charge in [0.1, 0.15) is 0 Å². The van der Waals surface area contributed by atoms with E-state index < -0.39 is 0 Å². The molecule has 7 heteroatoms. The Labute approximate surface area is 155 Å². The Morgan fingerprint density at radius 2 is 2.20 bits per heavy atom. The number of guanidine groups is 1. The molecule has 1 aromatic heterocycles. The molecule has 0 bridgehead atoms. The fraction of sp³-hybridized carbons (Fsp3) is 0.778. The van der Waals surface area contributed by atoms with E-state index in [0.717, 1.165) is 77.5 Å². The maximum absolute atomic E-state index is 5.88. The second-order valence-corrected chi connectivity index (χ2v) is 7.25. The van der Waals surface area contributed by atoms with Gasteiger partial charge in [0, 0.05) is 56.9 Å². The van der Waals surface area contributed by atoms with Crippen LogP contribution in [0.1, 0.15) is 43.0 Å². The standard InChI is InChI=1S/C18H32N4O2S/c1-3-16-14-22-17(25-16)6-10-21-18(19-4-2)20-9-5-11-24-15-7-12-23-13-8-15/h14-15H,3-13H2,1-2H3,(H2,19,20,21). The summed E-state index contributed by atoms with van der Waals surface area (Å²) in [6, 6.07) is 0. The molecule has 0 amide bonds. The van der Waals surface area contributed by atoms with Gasteiger partial charge >= 0.3 is 0 Å². The summed E-state index contributed by atoms with van der Waals surface area (Å²) >= 11 is 1.80. The molecule has 1 aromatic rings. The molecule has 0 aliphatic carbocycles. The van der Waals surface area contributed by atoms with Crippen LogP contribution in [0, 0.1) is 0 Å². The smallest absolute Gasteiger partial charge is 0.191 e. The summed E-state index contributed by atoms with van der Waals surface area (Å²) in [5.41, 5.74) is 0. The number of thiazole rings is 1. The van der Waals surface area contributed by atoms with Crippen LogP contribution < -0.4 is 10.6 Å². The lowest BCUT2D eigenvalue weighted by atomic mass is 10.1. The van der Waals surface area contributed by atoms with E-state index in [0.29, 0.717) is 6.10 Å². The van der Waals surface area contributed by atoms with Gasteiger partial charge in [0.2, 0.25) is 0 Å². The summed E-state index contributed by atoms with van der Waals surface area (Å²) in [6.07, 6.45) is 7.33. The lowest BCUT2D eigenvalue weighted by molar-refractivity contribution is -0.0318. The molecule has 0 unspecified atom stereocenters. The van der Waals surface area contributed by atoms with Crippen molar-refractivity contribution in [1.29, 1.82) is 0 Å². The van der Waals surface area contributed by atoms with E-state index in [1.165, 1.54) is 9.88 Å². The molecular formula is C18H32N4O2S. The minimum Gasteiger partial charge on any atom is -0.381 e. The van der Waals surface area contributed by atoms with Gasteiger partial charge in [-0.3, -0.25) is 4.99 Å². The lowest BCUT2D eigenvalue weighted by Gasteiger charge is -2.22.